The standard InChI is InChI=1S/C15H29NO3Si/c1-15(2,3)18-14(17)16-12-9-7-8-10-13(11-12)19-20(4,5)6/h10,12H,7-9,11H2,1-6H3,(H,16,17)/t12-/m1/s1. The van der Waals surface area contributed by atoms with Crippen molar-refractivity contribution in [2.45, 2.75) is 77.7 Å². The lowest BCUT2D eigenvalue weighted by molar-refractivity contribution is 0.0500. The molecule has 1 aliphatic rings. The SMILES string of the molecule is CC(C)(C)OC(=O)N[C@@H]1CCCC=C(O[Si](C)(C)C)C1. The number of hydrogen-bond donors (Lipinski definition) is 1. The van der Waals surface area contributed by atoms with E-state index in [1.54, 1.807) is 0 Å². The van der Waals surface area contributed by atoms with E-state index >= 15 is 0 Å². The van der Waals surface area contributed by atoms with E-state index < -0.39 is 13.9 Å². The highest BCUT2D eigenvalue weighted by molar-refractivity contribution is 6.70. The van der Waals surface area contributed by atoms with Crippen LogP contribution in [-0.2, 0) is 9.16 Å². The predicted octanol–water partition coefficient (Wildman–Crippen LogP) is 4.19. The van der Waals surface area contributed by atoms with Gasteiger partial charge in [-0.25, -0.2) is 4.79 Å². The molecule has 0 unspecified atom stereocenters. The highest BCUT2D eigenvalue weighted by Gasteiger charge is 2.24. The number of carbonyl (C=O) groups excluding carboxylic acids is 1. The van der Waals surface area contributed by atoms with Crippen LogP contribution in [0.1, 0.15) is 46.5 Å². The monoisotopic (exact) mass is 299 g/mol. The van der Waals surface area contributed by atoms with Crippen LogP contribution in [0.15, 0.2) is 11.8 Å². The Morgan fingerprint density at radius 2 is 2.00 bits per heavy atom. The van der Waals surface area contributed by atoms with Gasteiger partial charge in [0.05, 0.1) is 5.76 Å². The van der Waals surface area contributed by atoms with E-state index in [4.69, 9.17) is 9.16 Å². The lowest BCUT2D eigenvalue weighted by atomic mass is 10.1. The first kappa shape index (κ1) is 17.1. The van der Waals surface area contributed by atoms with Gasteiger partial charge >= 0.3 is 6.09 Å². The minimum atomic E-state index is -1.59. The first-order valence-corrected chi connectivity index (χ1v) is 10.8. The average molecular weight is 299 g/mol. The summed E-state index contributed by atoms with van der Waals surface area (Å²) in [4.78, 5) is 11.8. The van der Waals surface area contributed by atoms with Crippen LogP contribution in [0, 0.1) is 0 Å². The van der Waals surface area contributed by atoms with E-state index in [0.717, 1.165) is 31.4 Å². The molecule has 1 atom stereocenters. The van der Waals surface area contributed by atoms with Gasteiger partial charge in [-0.3, -0.25) is 0 Å². The van der Waals surface area contributed by atoms with Gasteiger partial charge in [0.25, 0.3) is 0 Å². The zero-order valence-corrected chi connectivity index (χ0v) is 14.7. The van der Waals surface area contributed by atoms with E-state index in [2.05, 4.69) is 31.0 Å². The van der Waals surface area contributed by atoms with Gasteiger partial charge < -0.3 is 14.5 Å². The fourth-order valence-corrected chi connectivity index (χ4v) is 3.08. The maximum absolute atomic E-state index is 11.8. The molecular weight excluding hydrogens is 270 g/mol. The molecule has 0 radical (unpaired) electrons. The molecule has 1 amide bonds. The van der Waals surface area contributed by atoms with E-state index in [9.17, 15) is 4.79 Å². The van der Waals surface area contributed by atoms with Crippen LogP contribution < -0.4 is 5.32 Å². The van der Waals surface area contributed by atoms with Gasteiger partial charge in [0, 0.05) is 12.5 Å². The van der Waals surface area contributed by atoms with E-state index in [0.29, 0.717) is 0 Å². The topological polar surface area (TPSA) is 47.6 Å². The molecule has 1 aliphatic carbocycles. The van der Waals surface area contributed by atoms with Gasteiger partial charge in [-0.1, -0.05) is 0 Å². The quantitative estimate of drug-likeness (QED) is 0.795. The molecule has 4 nitrogen and oxygen atoms in total. The van der Waals surface area contributed by atoms with Crippen molar-refractivity contribution in [1.29, 1.82) is 0 Å². The fraction of sp³-hybridized carbons (Fsp3) is 0.800. The van der Waals surface area contributed by atoms with Gasteiger partial charge in [0.1, 0.15) is 5.60 Å². The molecule has 0 bridgehead atoms. The molecule has 0 spiro atoms. The number of allylic oxidation sites excluding steroid dienone is 1. The van der Waals surface area contributed by atoms with Crippen molar-refractivity contribution in [2.75, 3.05) is 0 Å². The minimum Gasteiger partial charge on any atom is -0.548 e. The Kier molecular flexibility index (Phi) is 5.68. The van der Waals surface area contributed by atoms with Crippen molar-refractivity contribution < 1.29 is 14.0 Å². The maximum atomic E-state index is 11.8. The second-order valence-corrected chi connectivity index (χ2v) is 11.8. The third-order valence-electron chi connectivity index (χ3n) is 2.73. The smallest absolute Gasteiger partial charge is 0.407 e. The summed E-state index contributed by atoms with van der Waals surface area (Å²) in [6.45, 7) is 12.1. The number of ether oxygens (including phenoxy) is 1. The van der Waals surface area contributed by atoms with Crippen LogP contribution in [0.5, 0.6) is 0 Å². The normalized spacial score (nSPS) is 20.7. The molecule has 0 aromatic heterocycles. The summed E-state index contributed by atoms with van der Waals surface area (Å²) in [6.07, 6.45) is 5.66. The van der Waals surface area contributed by atoms with Crippen molar-refractivity contribution in [3.05, 3.63) is 11.8 Å². The van der Waals surface area contributed by atoms with Gasteiger partial charge in [0.15, 0.2) is 0 Å². The Morgan fingerprint density at radius 3 is 2.55 bits per heavy atom. The first-order chi connectivity index (χ1) is 9.05. The van der Waals surface area contributed by atoms with Crippen molar-refractivity contribution in [2.24, 2.45) is 0 Å². The van der Waals surface area contributed by atoms with E-state index in [-0.39, 0.29) is 12.1 Å². The van der Waals surface area contributed by atoms with E-state index in [1.807, 2.05) is 20.8 Å². The Bertz CT molecular complexity index is 366. The van der Waals surface area contributed by atoms with Gasteiger partial charge in [-0.2, -0.15) is 0 Å². The zero-order chi connectivity index (χ0) is 15.4. The highest BCUT2D eigenvalue weighted by atomic mass is 28.4. The van der Waals surface area contributed by atoms with E-state index in [1.165, 1.54) is 0 Å². The molecule has 1 rings (SSSR count). The van der Waals surface area contributed by atoms with Crippen LogP contribution in [0.2, 0.25) is 19.6 Å². The molecule has 0 aromatic rings. The molecule has 0 heterocycles. The summed E-state index contributed by atoms with van der Waals surface area (Å²) in [5, 5.41) is 2.96. The molecule has 1 N–H and O–H groups in total. The largest absolute Gasteiger partial charge is 0.548 e. The molecule has 0 fully saturated rings. The number of carbonyl (C=O) groups is 1. The fourth-order valence-electron chi connectivity index (χ4n) is 2.13. The first-order valence-electron chi connectivity index (χ1n) is 7.43. The third-order valence-corrected chi connectivity index (χ3v) is 3.61. The second kappa shape index (κ2) is 6.65. The second-order valence-electron chi connectivity index (χ2n) is 7.36. The molecule has 0 aliphatic heterocycles. The van der Waals surface area contributed by atoms with Gasteiger partial charge in [-0.05, 0) is 65.8 Å². The molecular formula is C15H29NO3Si. The molecule has 0 saturated heterocycles. The lowest BCUT2D eigenvalue weighted by Gasteiger charge is -2.26. The number of amides is 1. The van der Waals surface area contributed by atoms with Crippen molar-refractivity contribution in [1.82, 2.24) is 5.32 Å². The molecule has 20 heavy (non-hydrogen) atoms. The van der Waals surface area contributed by atoms with Crippen molar-refractivity contribution in [3.63, 3.8) is 0 Å². The average Bonchev–Trinajstić information content (AvgIpc) is 2.37. The van der Waals surface area contributed by atoms with Crippen LogP contribution in [0.4, 0.5) is 4.79 Å². The Labute approximate surface area is 124 Å². The number of alkyl carbamates (subject to hydrolysis) is 1. The Morgan fingerprint density at radius 1 is 1.35 bits per heavy atom. The molecule has 0 aromatic carbocycles. The Hall–Kier alpha value is -0.973. The van der Waals surface area contributed by atoms with Crippen LogP contribution >= 0.6 is 0 Å². The number of hydrogen-bond acceptors (Lipinski definition) is 3. The minimum absolute atomic E-state index is 0.106. The van der Waals surface area contributed by atoms with Gasteiger partial charge in [0.2, 0.25) is 8.32 Å². The summed E-state index contributed by atoms with van der Waals surface area (Å²) in [6, 6.07) is 0.106. The lowest BCUT2D eigenvalue weighted by Crippen LogP contribution is -2.39. The van der Waals surface area contributed by atoms with Crippen LogP contribution in [0.3, 0.4) is 0 Å². The Balaban J connectivity index is 2.55. The van der Waals surface area contributed by atoms with Crippen molar-refractivity contribution >= 4 is 14.4 Å². The zero-order valence-electron chi connectivity index (χ0n) is 13.7. The summed E-state index contributed by atoms with van der Waals surface area (Å²) in [5.74, 6) is 1.03. The van der Waals surface area contributed by atoms with Gasteiger partial charge in [-0.15, -0.1) is 0 Å². The summed E-state index contributed by atoms with van der Waals surface area (Å²) in [7, 11) is -1.59. The summed E-state index contributed by atoms with van der Waals surface area (Å²) >= 11 is 0. The molecule has 116 valence electrons. The van der Waals surface area contributed by atoms with Crippen LogP contribution in [-0.4, -0.2) is 26.1 Å². The molecule has 0 saturated carbocycles. The predicted molar refractivity (Wildman–Crippen MR) is 84.1 cm³/mol. The third kappa shape index (κ3) is 7.58. The summed E-state index contributed by atoms with van der Waals surface area (Å²) < 4.78 is 11.4. The highest BCUT2D eigenvalue weighted by Crippen LogP contribution is 2.22. The summed E-state index contributed by atoms with van der Waals surface area (Å²) in [5.41, 5.74) is -0.456. The number of nitrogens with one attached hydrogen (secondary N) is 1. The number of rotatable bonds is 3. The maximum Gasteiger partial charge on any atom is 0.407 e. The van der Waals surface area contributed by atoms with Crippen LogP contribution in [0.25, 0.3) is 0 Å². The molecule has 5 heteroatoms. The van der Waals surface area contributed by atoms with Crippen molar-refractivity contribution in [3.8, 4) is 0 Å².